The molecule has 0 aliphatic heterocycles. The molecule has 3 amide bonds. The van der Waals surface area contributed by atoms with Gasteiger partial charge in [-0.25, -0.2) is 4.98 Å². The Bertz CT molecular complexity index is 1150. The highest BCUT2D eigenvalue weighted by molar-refractivity contribution is 6.30. The number of hydrogen-bond donors (Lipinski definition) is 2. The van der Waals surface area contributed by atoms with Crippen LogP contribution in [0.25, 0.3) is 0 Å². The number of nitrogens with zero attached hydrogens (tertiary/aromatic N) is 2. The average Bonchev–Trinajstić information content (AvgIpc) is 2.80. The summed E-state index contributed by atoms with van der Waals surface area (Å²) in [5.74, 6) is -0.247. The molecule has 1 heterocycles. The first kappa shape index (κ1) is 22.8. The number of anilines is 3. The second-order valence-corrected chi connectivity index (χ2v) is 7.24. The zero-order valence-corrected chi connectivity index (χ0v) is 18.4. The molecule has 0 radical (unpaired) electrons. The maximum Gasteiger partial charge on any atom is 0.259 e. The van der Waals surface area contributed by atoms with Crippen molar-refractivity contribution in [3.05, 3.63) is 76.9 Å². The molecule has 9 heteroatoms. The van der Waals surface area contributed by atoms with Crippen molar-refractivity contribution in [2.45, 2.75) is 6.92 Å². The van der Waals surface area contributed by atoms with Gasteiger partial charge in [0.25, 0.3) is 11.8 Å². The first-order chi connectivity index (χ1) is 15.3. The van der Waals surface area contributed by atoms with Crippen molar-refractivity contribution in [1.29, 1.82) is 0 Å². The molecular formula is C23H21ClN4O4. The number of methoxy groups -OCH3 is 1. The van der Waals surface area contributed by atoms with Crippen LogP contribution in [-0.4, -0.2) is 36.9 Å². The lowest BCUT2D eigenvalue weighted by Gasteiger charge is -2.16. The normalized spacial score (nSPS) is 10.2. The van der Waals surface area contributed by atoms with Crippen molar-refractivity contribution < 1.29 is 19.1 Å². The predicted octanol–water partition coefficient (Wildman–Crippen LogP) is 4.23. The lowest BCUT2D eigenvalue weighted by Crippen LogP contribution is -2.23. The standard InChI is InChI=1S/C23H21ClN4O4/c1-14(29)28(2)17-7-4-15(5-8-17)22(30)26-20-10-9-18(32-3)12-19(20)23(31)27-21-11-6-16(24)13-25-21/h4-13H,1-3H3,(H,26,30)(H,25,27,31). The Morgan fingerprint density at radius 1 is 0.969 bits per heavy atom. The Kier molecular flexibility index (Phi) is 7.07. The highest BCUT2D eigenvalue weighted by atomic mass is 35.5. The number of carbonyl (C=O) groups excluding carboxylic acids is 3. The molecule has 1 aromatic heterocycles. The molecule has 2 aromatic carbocycles. The van der Waals surface area contributed by atoms with Crippen LogP contribution in [0.5, 0.6) is 5.75 Å². The number of amides is 3. The molecule has 0 saturated carbocycles. The number of rotatable bonds is 6. The van der Waals surface area contributed by atoms with E-state index in [2.05, 4.69) is 15.6 Å². The zero-order valence-electron chi connectivity index (χ0n) is 17.7. The molecule has 0 unspecified atom stereocenters. The Morgan fingerprint density at radius 3 is 2.28 bits per heavy atom. The number of benzene rings is 2. The lowest BCUT2D eigenvalue weighted by molar-refractivity contribution is -0.116. The minimum atomic E-state index is -0.479. The molecule has 0 bridgehead atoms. The van der Waals surface area contributed by atoms with Gasteiger partial charge in [0.15, 0.2) is 0 Å². The summed E-state index contributed by atoms with van der Waals surface area (Å²) in [4.78, 5) is 42.6. The van der Waals surface area contributed by atoms with Crippen LogP contribution in [-0.2, 0) is 4.79 Å². The van der Waals surface area contributed by atoms with E-state index in [1.165, 1.54) is 31.2 Å². The van der Waals surface area contributed by atoms with Gasteiger partial charge in [0.1, 0.15) is 11.6 Å². The van der Waals surface area contributed by atoms with Gasteiger partial charge >= 0.3 is 0 Å². The molecule has 32 heavy (non-hydrogen) atoms. The molecule has 0 spiro atoms. The Labute approximate surface area is 190 Å². The molecular weight excluding hydrogens is 432 g/mol. The summed E-state index contributed by atoms with van der Waals surface area (Å²) >= 11 is 5.83. The van der Waals surface area contributed by atoms with Crippen molar-refractivity contribution in [2.75, 3.05) is 29.7 Å². The minimum Gasteiger partial charge on any atom is -0.497 e. The Morgan fingerprint density at radius 2 is 1.69 bits per heavy atom. The summed E-state index contributed by atoms with van der Waals surface area (Å²) in [5, 5.41) is 5.86. The number of hydrogen-bond acceptors (Lipinski definition) is 5. The average molecular weight is 453 g/mol. The number of pyridine rings is 1. The van der Waals surface area contributed by atoms with Crippen LogP contribution in [0.15, 0.2) is 60.8 Å². The van der Waals surface area contributed by atoms with Gasteiger partial charge in [-0.2, -0.15) is 0 Å². The van der Waals surface area contributed by atoms with Crippen molar-refractivity contribution >= 4 is 46.5 Å². The first-order valence-electron chi connectivity index (χ1n) is 9.55. The zero-order chi connectivity index (χ0) is 23.3. The van der Waals surface area contributed by atoms with Crippen LogP contribution in [0.3, 0.4) is 0 Å². The third kappa shape index (κ3) is 5.41. The third-order valence-corrected chi connectivity index (χ3v) is 4.90. The fourth-order valence-corrected chi connectivity index (χ4v) is 2.91. The van der Waals surface area contributed by atoms with Gasteiger partial charge < -0.3 is 20.3 Å². The number of ether oxygens (including phenoxy) is 1. The second kappa shape index (κ2) is 9.93. The molecule has 0 saturated heterocycles. The fraction of sp³-hybridized carbons (Fsp3) is 0.130. The summed E-state index contributed by atoms with van der Waals surface area (Å²) in [5.41, 5.74) is 1.52. The summed E-state index contributed by atoms with van der Waals surface area (Å²) < 4.78 is 5.21. The van der Waals surface area contributed by atoms with Crippen molar-refractivity contribution in [1.82, 2.24) is 4.98 Å². The first-order valence-corrected chi connectivity index (χ1v) is 9.93. The van der Waals surface area contributed by atoms with E-state index in [0.717, 1.165) is 0 Å². The minimum absolute atomic E-state index is 0.119. The maximum atomic E-state index is 12.9. The summed E-state index contributed by atoms with van der Waals surface area (Å²) in [6.45, 7) is 1.45. The maximum absolute atomic E-state index is 12.9. The van der Waals surface area contributed by atoms with Crippen molar-refractivity contribution in [3.8, 4) is 5.75 Å². The molecule has 0 aliphatic rings. The molecule has 8 nitrogen and oxygen atoms in total. The number of aromatic nitrogens is 1. The molecule has 3 aromatic rings. The van der Waals surface area contributed by atoms with E-state index in [-0.39, 0.29) is 11.5 Å². The van der Waals surface area contributed by atoms with E-state index in [9.17, 15) is 14.4 Å². The lowest BCUT2D eigenvalue weighted by atomic mass is 10.1. The van der Waals surface area contributed by atoms with Crippen LogP contribution in [0.1, 0.15) is 27.6 Å². The Hall–Kier alpha value is -3.91. The van der Waals surface area contributed by atoms with E-state index >= 15 is 0 Å². The van der Waals surface area contributed by atoms with E-state index in [1.54, 1.807) is 55.6 Å². The number of nitrogens with one attached hydrogen (secondary N) is 2. The molecule has 0 fully saturated rings. The number of halogens is 1. The fourth-order valence-electron chi connectivity index (χ4n) is 2.79. The summed E-state index contributed by atoms with van der Waals surface area (Å²) in [7, 11) is 3.13. The monoisotopic (exact) mass is 452 g/mol. The molecule has 0 atom stereocenters. The number of carbonyl (C=O) groups is 3. The van der Waals surface area contributed by atoms with Crippen molar-refractivity contribution in [3.63, 3.8) is 0 Å². The van der Waals surface area contributed by atoms with E-state index in [1.807, 2.05) is 0 Å². The molecule has 2 N–H and O–H groups in total. The highest BCUT2D eigenvalue weighted by Gasteiger charge is 2.17. The van der Waals surface area contributed by atoms with Crippen LogP contribution < -0.4 is 20.3 Å². The van der Waals surface area contributed by atoms with E-state index in [4.69, 9.17) is 16.3 Å². The van der Waals surface area contributed by atoms with E-state index in [0.29, 0.717) is 33.5 Å². The van der Waals surface area contributed by atoms with Crippen molar-refractivity contribution in [2.24, 2.45) is 0 Å². The highest BCUT2D eigenvalue weighted by Crippen LogP contribution is 2.24. The van der Waals surface area contributed by atoms with Gasteiger partial charge in [0.2, 0.25) is 5.91 Å². The van der Waals surface area contributed by atoms with Gasteiger partial charge in [-0.05, 0) is 54.6 Å². The van der Waals surface area contributed by atoms with Crippen LogP contribution >= 0.6 is 11.6 Å². The topological polar surface area (TPSA) is 101 Å². The van der Waals surface area contributed by atoms with Gasteiger partial charge in [0.05, 0.1) is 23.4 Å². The smallest absolute Gasteiger partial charge is 0.259 e. The summed E-state index contributed by atoms with van der Waals surface area (Å²) in [6.07, 6.45) is 1.42. The third-order valence-electron chi connectivity index (χ3n) is 4.68. The quantitative estimate of drug-likeness (QED) is 0.582. The second-order valence-electron chi connectivity index (χ2n) is 6.81. The van der Waals surface area contributed by atoms with Gasteiger partial charge in [-0.1, -0.05) is 11.6 Å². The van der Waals surface area contributed by atoms with Crippen LogP contribution in [0, 0.1) is 0 Å². The Balaban J connectivity index is 1.82. The SMILES string of the molecule is COc1ccc(NC(=O)c2ccc(N(C)C(C)=O)cc2)c(C(=O)Nc2ccc(Cl)cn2)c1. The molecule has 3 rings (SSSR count). The van der Waals surface area contributed by atoms with E-state index < -0.39 is 11.8 Å². The van der Waals surface area contributed by atoms with Gasteiger partial charge in [-0.3, -0.25) is 14.4 Å². The summed E-state index contributed by atoms with van der Waals surface area (Å²) in [6, 6.07) is 14.5. The van der Waals surface area contributed by atoms with Gasteiger partial charge in [0, 0.05) is 31.4 Å². The largest absolute Gasteiger partial charge is 0.497 e. The van der Waals surface area contributed by atoms with Crippen LogP contribution in [0.4, 0.5) is 17.2 Å². The molecule has 0 aliphatic carbocycles. The molecule has 164 valence electrons. The predicted molar refractivity (Wildman–Crippen MR) is 124 cm³/mol. The van der Waals surface area contributed by atoms with Gasteiger partial charge in [-0.15, -0.1) is 0 Å². The van der Waals surface area contributed by atoms with Crippen LogP contribution in [0.2, 0.25) is 5.02 Å².